The molecule has 2 amide bonds. The third-order valence-electron chi connectivity index (χ3n) is 12.8. The zero-order chi connectivity index (χ0) is 34.9. The summed E-state index contributed by atoms with van der Waals surface area (Å²) in [7, 11) is 1.73. The molecule has 0 aliphatic heterocycles. The molecule has 10 heteroatoms. The molecule has 5 aliphatic rings. The summed E-state index contributed by atoms with van der Waals surface area (Å²) in [6.45, 7) is 5.09. The Hall–Kier alpha value is -3.92. The molecule has 268 valence electrons. The van der Waals surface area contributed by atoms with Gasteiger partial charge in [0.1, 0.15) is 17.7 Å². The van der Waals surface area contributed by atoms with E-state index in [1.807, 2.05) is 23.4 Å². The highest BCUT2D eigenvalue weighted by Crippen LogP contribution is 2.58. The van der Waals surface area contributed by atoms with Gasteiger partial charge in [-0.25, -0.2) is 9.78 Å². The molecule has 8 rings (SSSR count). The number of rotatable bonds is 11. The molecule has 0 unspecified atom stereocenters. The van der Waals surface area contributed by atoms with Crippen LogP contribution in [0.25, 0.3) is 11.1 Å². The highest BCUT2D eigenvalue weighted by Gasteiger charge is 2.51. The summed E-state index contributed by atoms with van der Waals surface area (Å²) in [4.78, 5) is 33.6. The van der Waals surface area contributed by atoms with Gasteiger partial charge in [-0.3, -0.25) is 14.4 Å². The Morgan fingerprint density at radius 1 is 1.00 bits per heavy atom. The van der Waals surface area contributed by atoms with Crippen LogP contribution < -0.4 is 15.0 Å². The number of amides is 2. The first-order valence-electron chi connectivity index (χ1n) is 18.7. The Balaban J connectivity index is 1.11. The fourth-order valence-corrected chi connectivity index (χ4v) is 9.18. The number of aliphatic hydroxyl groups is 1. The van der Waals surface area contributed by atoms with E-state index < -0.39 is 6.09 Å². The van der Waals surface area contributed by atoms with Gasteiger partial charge < -0.3 is 19.9 Å². The highest BCUT2D eigenvalue weighted by molar-refractivity contribution is 5.95. The average molecular weight is 684 g/mol. The van der Waals surface area contributed by atoms with Crippen LogP contribution in [0.3, 0.4) is 0 Å². The summed E-state index contributed by atoms with van der Waals surface area (Å²) >= 11 is 0. The van der Waals surface area contributed by atoms with Gasteiger partial charge in [0.2, 0.25) is 5.91 Å². The number of pyridine rings is 1. The lowest BCUT2D eigenvalue weighted by Crippen LogP contribution is -2.52. The minimum atomic E-state index is -0.513. The van der Waals surface area contributed by atoms with Gasteiger partial charge in [0.05, 0.1) is 25.5 Å². The van der Waals surface area contributed by atoms with Crippen molar-refractivity contribution in [1.82, 2.24) is 20.1 Å². The predicted molar refractivity (Wildman–Crippen MR) is 192 cm³/mol. The lowest BCUT2D eigenvalue weighted by atomic mass is 9.51. The van der Waals surface area contributed by atoms with E-state index >= 15 is 0 Å². The summed E-state index contributed by atoms with van der Waals surface area (Å²) < 4.78 is 13.2. The van der Waals surface area contributed by atoms with Crippen molar-refractivity contribution >= 4 is 17.8 Å². The van der Waals surface area contributed by atoms with Crippen LogP contribution in [0.15, 0.2) is 48.9 Å². The van der Waals surface area contributed by atoms with Gasteiger partial charge in [-0.15, -0.1) is 0 Å². The number of carbonyl (C=O) groups is 2. The van der Waals surface area contributed by atoms with E-state index in [2.05, 4.69) is 54.3 Å². The molecule has 0 radical (unpaired) electrons. The number of aliphatic hydroxyl groups excluding tert-OH is 1. The quantitative estimate of drug-likeness (QED) is 0.222. The van der Waals surface area contributed by atoms with Crippen LogP contribution in [-0.2, 0) is 20.5 Å². The molecule has 5 saturated carbocycles. The molecule has 3 aromatic rings. The summed E-state index contributed by atoms with van der Waals surface area (Å²) in [5.41, 5.74) is 4.98. The van der Waals surface area contributed by atoms with Crippen molar-refractivity contribution in [3.8, 4) is 16.9 Å². The SMILES string of the molecule is COc1ccc(C23CCC(CN(C(=O)C4CCC(OC(=O)NCCO)CC4)c4cc(-c5cnn(C6(C)CCC6)c5)ccn4)(CC2)CC3)cc1C. The van der Waals surface area contributed by atoms with E-state index in [4.69, 9.17) is 24.7 Å². The van der Waals surface area contributed by atoms with Crippen LogP contribution >= 0.6 is 0 Å². The van der Waals surface area contributed by atoms with Crippen molar-refractivity contribution in [3.05, 3.63) is 60.0 Å². The molecular formula is C40H53N5O5. The third kappa shape index (κ3) is 6.75. The normalized spacial score (nSPS) is 26.9. The Labute approximate surface area is 295 Å². The maximum Gasteiger partial charge on any atom is 0.407 e. The number of nitrogens with zero attached hydrogens (tertiary/aromatic N) is 4. The van der Waals surface area contributed by atoms with Crippen molar-refractivity contribution in [2.75, 3.05) is 31.7 Å². The molecule has 2 aromatic heterocycles. The molecular weight excluding hydrogens is 630 g/mol. The second-order valence-electron chi connectivity index (χ2n) is 15.8. The van der Waals surface area contributed by atoms with Crippen LogP contribution in [0.4, 0.5) is 10.6 Å². The van der Waals surface area contributed by atoms with Gasteiger partial charge >= 0.3 is 6.09 Å². The van der Waals surface area contributed by atoms with E-state index in [0.717, 1.165) is 68.2 Å². The number of fused-ring (bicyclic) bond motifs is 3. The van der Waals surface area contributed by atoms with E-state index in [0.29, 0.717) is 38.0 Å². The standard InChI is InChI=1S/C40H53N5O5/c1-28-23-32(7-10-34(28)49-3)40-17-14-39(15-18-40,16-19-40)27-44(36(47)29-5-8-33(9-6-29)50-37(48)42-21-22-46)35-24-30(11-20-41-35)31-25-43-45(26-31)38(2)12-4-13-38/h7,10-11,20,23-26,29,33,46H,4-6,8-9,12-19,21-22,27H2,1-3H3,(H,42,48). The van der Waals surface area contributed by atoms with Gasteiger partial charge in [-0.05, 0) is 143 Å². The highest BCUT2D eigenvalue weighted by atomic mass is 16.6. The van der Waals surface area contributed by atoms with Crippen molar-refractivity contribution in [2.24, 2.45) is 11.3 Å². The average Bonchev–Trinajstić information content (AvgIpc) is 3.64. The second-order valence-corrected chi connectivity index (χ2v) is 15.8. The van der Waals surface area contributed by atoms with Crippen molar-refractivity contribution in [1.29, 1.82) is 0 Å². The van der Waals surface area contributed by atoms with Gasteiger partial charge in [-0.2, -0.15) is 5.10 Å². The van der Waals surface area contributed by atoms with Crippen LogP contribution in [-0.4, -0.2) is 64.8 Å². The molecule has 0 spiro atoms. The molecule has 2 N–H and O–H groups in total. The molecule has 10 nitrogen and oxygen atoms in total. The predicted octanol–water partition coefficient (Wildman–Crippen LogP) is 7.06. The minimum absolute atomic E-state index is 0.0470. The van der Waals surface area contributed by atoms with Crippen molar-refractivity contribution in [3.63, 3.8) is 0 Å². The smallest absolute Gasteiger partial charge is 0.407 e. The lowest BCUT2D eigenvalue weighted by molar-refractivity contribution is -0.124. The number of benzene rings is 1. The molecule has 2 bridgehead atoms. The van der Waals surface area contributed by atoms with Gasteiger partial charge in [-0.1, -0.05) is 12.1 Å². The summed E-state index contributed by atoms with van der Waals surface area (Å²) in [5.74, 6) is 1.61. The van der Waals surface area contributed by atoms with Crippen LogP contribution in [0.2, 0.25) is 0 Å². The second kappa shape index (κ2) is 14.0. The number of anilines is 1. The van der Waals surface area contributed by atoms with Gasteiger partial charge in [0.15, 0.2) is 0 Å². The van der Waals surface area contributed by atoms with Crippen molar-refractivity contribution < 1.29 is 24.2 Å². The Kier molecular flexibility index (Phi) is 9.67. The monoisotopic (exact) mass is 683 g/mol. The van der Waals surface area contributed by atoms with E-state index in [9.17, 15) is 9.59 Å². The minimum Gasteiger partial charge on any atom is -0.496 e. The molecule has 50 heavy (non-hydrogen) atoms. The Morgan fingerprint density at radius 3 is 2.38 bits per heavy atom. The molecule has 0 saturated heterocycles. The summed E-state index contributed by atoms with van der Waals surface area (Å²) in [5, 5.41) is 16.3. The largest absolute Gasteiger partial charge is 0.496 e. The molecule has 0 atom stereocenters. The number of carbonyl (C=O) groups excluding carboxylic acids is 2. The van der Waals surface area contributed by atoms with E-state index in [1.165, 1.54) is 17.5 Å². The number of alkyl carbamates (subject to hydrolysis) is 1. The van der Waals surface area contributed by atoms with Crippen LogP contribution in [0, 0.1) is 18.3 Å². The number of methoxy groups -OCH3 is 1. The van der Waals surface area contributed by atoms with Crippen LogP contribution in [0.5, 0.6) is 5.75 Å². The van der Waals surface area contributed by atoms with Crippen LogP contribution in [0.1, 0.15) is 102 Å². The first kappa shape index (κ1) is 34.5. The lowest BCUT2D eigenvalue weighted by Gasteiger charge is -2.55. The maximum atomic E-state index is 14.6. The number of nitrogens with one attached hydrogen (secondary N) is 1. The zero-order valence-electron chi connectivity index (χ0n) is 30.0. The number of hydrogen-bond donors (Lipinski definition) is 2. The fourth-order valence-electron chi connectivity index (χ4n) is 9.18. The van der Waals surface area contributed by atoms with E-state index in [1.54, 1.807) is 7.11 Å². The van der Waals surface area contributed by atoms with Crippen molar-refractivity contribution in [2.45, 2.75) is 114 Å². The first-order valence-corrected chi connectivity index (χ1v) is 18.7. The molecule has 2 heterocycles. The number of aromatic nitrogens is 3. The molecule has 5 aliphatic carbocycles. The first-order chi connectivity index (χ1) is 24.1. The Bertz CT molecular complexity index is 1670. The fraction of sp³-hybridized carbons (Fsp3) is 0.600. The number of hydrogen-bond acceptors (Lipinski definition) is 7. The van der Waals surface area contributed by atoms with Gasteiger partial charge in [0.25, 0.3) is 0 Å². The Morgan fingerprint density at radius 2 is 1.74 bits per heavy atom. The topological polar surface area (TPSA) is 119 Å². The molecule has 5 fully saturated rings. The molecule has 1 aromatic carbocycles. The van der Waals surface area contributed by atoms with E-state index in [-0.39, 0.29) is 47.4 Å². The summed E-state index contributed by atoms with van der Waals surface area (Å²) in [6, 6.07) is 10.8. The number of aryl methyl sites for hydroxylation is 1. The number of ether oxygens (including phenoxy) is 2. The zero-order valence-corrected chi connectivity index (χ0v) is 30.0. The summed E-state index contributed by atoms with van der Waals surface area (Å²) in [6.07, 6.45) is 17.9. The maximum absolute atomic E-state index is 14.6. The third-order valence-corrected chi connectivity index (χ3v) is 12.8. The van der Waals surface area contributed by atoms with Gasteiger partial charge in [0, 0.05) is 37.0 Å².